The van der Waals surface area contributed by atoms with Crippen molar-refractivity contribution in [1.82, 2.24) is 5.32 Å². The molecule has 0 unspecified atom stereocenters. The first-order valence-corrected chi connectivity index (χ1v) is 6.21. The Kier molecular flexibility index (Phi) is 4.56. The van der Waals surface area contributed by atoms with E-state index in [1.165, 1.54) is 31.4 Å². The number of rotatable bonds is 4. The number of hydrogen-bond acceptors (Lipinski definition) is 5. The zero-order valence-electron chi connectivity index (χ0n) is 11.1. The Morgan fingerprint density at radius 1 is 1.24 bits per heavy atom. The minimum absolute atomic E-state index is 0.247. The average Bonchev–Trinajstić information content (AvgIpc) is 2.87. The van der Waals surface area contributed by atoms with Crippen LogP contribution in [0.1, 0.15) is 6.42 Å². The van der Waals surface area contributed by atoms with E-state index < -0.39 is 12.4 Å². The Morgan fingerprint density at radius 2 is 1.86 bits per heavy atom. The highest BCUT2D eigenvalue weighted by molar-refractivity contribution is 5.76. The van der Waals surface area contributed by atoms with E-state index >= 15 is 0 Å². The van der Waals surface area contributed by atoms with Crippen molar-refractivity contribution in [2.24, 2.45) is 0 Å². The maximum Gasteiger partial charge on any atom is 0.573 e. The lowest BCUT2D eigenvalue weighted by atomic mass is 10.2. The molecule has 0 aromatic heterocycles. The van der Waals surface area contributed by atoms with Gasteiger partial charge in [-0.2, -0.15) is 0 Å². The normalized spacial score (nSPS) is 21.9. The van der Waals surface area contributed by atoms with E-state index in [4.69, 9.17) is 4.74 Å². The SMILES string of the molecule is COC(=O)[C@@H]1C[C@@H](Oc2ccc(OC(F)(F)F)cc2)CN1. The molecule has 1 N–H and O–H groups in total. The van der Waals surface area contributed by atoms with Crippen LogP contribution in [0.25, 0.3) is 0 Å². The lowest BCUT2D eigenvalue weighted by molar-refractivity contribution is -0.274. The van der Waals surface area contributed by atoms with Gasteiger partial charge in [0.15, 0.2) is 0 Å². The van der Waals surface area contributed by atoms with Gasteiger partial charge in [0, 0.05) is 13.0 Å². The second-order valence-corrected chi connectivity index (χ2v) is 4.48. The van der Waals surface area contributed by atoms with Gasteiger partial charge in [-0.1, -0.05) is 0 Å². The summed E-state index contributed by atoms with van der Waals surface area (Å²) in [5, 5.41) is 2.95. The Labute approximate surface area is 119 Å². The molecule has 0 bridgehead atoms. The number of benzene rings is 1. The zero-order valence-corrected chi connectivity index (χ0v) is 11.1. The van der Waals surface area contributed by atoms with Gasteiger partial charge >= 0.3 is 12.3 Å². The maximum atomic E-state index is 12.0. The second-order valence-electron chi connectivity index (χ2n) is 4.48. The van der Waals surface area contributed by atoms with Crippen LogP contribution in [0.4, 0.5) is 13.2 Å². The van der Waals surface area contributed by atoms with Gasteiger partial charge in [0.1, 0.15) is 23.6 Å². The molecule has 1 saturated heterocycles. The highest BCUT2D eigenvalue weighted by Gasteiger charge is 2.32. The highest BCUT2D eigenvalue weighted by Crippen LogP contribution is 2.25. The summed E-state index contributed by atoms with van der Waals surface area (Å²) in [6, 6.07) is 4.68. The molecule has 0 radical (unpaired) electrons. The Bertz CT molecular complexity index is 489. The summed E-state index contributed by atoms with van der Waals surface area (Å²) in [7, 11) is 1.30. The third kappa shape index (κ3) is 4.52. The number of nitrogens with one attached hydrogen (secondary N) is 1. The van der Waals surface area contributed by atoms with E-state index in [0.29, 0.717) is 18.7 Å². The molecule has 1 fully saturated rings. The van der Waals surface area contributed by atoms with Crippen molar-refractivity contribution in [2.45, 2.75) is 24.9 Å². The number of hydrogen-bond donors (Lipinski definition) is 1. The first kappa shape index (κ1) is 15.4. The minimum Gasteiger partial charge on any atom is -0.489 e. The van der Waals surface area contributed by atoms with Crippen molar-refractivity contribution >= 4 is 5.97 Å². The molecule has 1 aliphatic rings. The number of alkyl halides is 3. The van der Waals surface area contributed by atoms with Crippen LogP contribution in [0.5, 0.6) is 11.5 Å². The molecule has 1 aliphatic heterocycles. The zero-order chi connectivity index (χ0) is 15.5. The third-order valence-electron chi connectivity index (χ3n) is 2.94. The van der Waals surface area contributed by atoms with E-state index in [0.717, 1.165) is 0 Å². The molecular weight excluding hydrogens is 291 g/mol. The summed E-state index contributed by atoms with van der Waals surface area (Å²) in [6.07, 6.45) is -4.53. The summed E-state index contributed by atoms with van der Waals surface area (Å²) in [5.74, 6) is -0.274. The van der Waals surface area contributed by atoms with Gasteiger partial charge in [-0.15, -0.1) is 13.2 Å². The number of methoxy groups -OCH3 is 1. The summed E-state index contributed by atoms with van der Waals surface area (Å²) >= 11 is 0. The molecular formula is C13H14F3NO4. The van der Waals surface area contributed by atoms with E-state index in [1.807, 2.05) is 0 Å². The predicted octanol–water partition coefficient (Wildman–Crippen LogP) is 1.87. The van der Waals surface area contributed by atoms with Gasteiger partial charge < -0.3 is 19.5 Å². The van der Waals surface area contributed by atoms with Crippen LogP contribution in [0, 0.1) is 0 Å². The van der Waals surface area contributed by atoms with Crippen LogP contribution in [0.15, 0.2) is 24.3 Å². The number of esters is 1. The lowest BCUT2D eigenvalue weighted by Gasteiger charge is -2.14. The first-order valence-electron chi connectivity index (χ1n) is 6.21. The molecule has 0 amide bonds. The van der Waals surface area contributed by atoms with Crippen LogP contribution in [-0.2, 0) is 9.53 Å². The molecule has 8 heteroatoms. The molecule has 0 saturated carbocycles. The Hall–Kier alpha value is -1.96. The first-order chi connectivity index (χ1) is 9.87. The van der Waals surface area contributed by atoms with Crippen molar-refractivity contribution in [1.29, 1.82) is 0 Å². The average molecular weight is 305 g/mol. The molecule has 1 heterocycles. The fourth-order valence-electron chi connectivity index (χ4n) is 2.03. The molecule has 21 heavy (non-hydrogen) atoms. The molecule has 2 rings (SSSR count). The van der Waals surface area contributed by atoms with Crippen molar-refractivity contribution in [2.75, 3.05) is 13.7 Å². The monoisotopic (exact) mass is 305 g/mol. The second kappa shape index (κ2) is 6.21. The molecule has 0 spiro atoms. The largest absolute Gasteiger partial charge is 0.573 e. The van der Waals surface area contributed by atoms with Crippen LogP contribution >= 0.6 is 0 Å². The summed E-state index contributed by atoms with van der Waals surface area (Å²) in [4.78, 5) is 11.3. The molecule has 5 nitrogen and oxygen atoms in total. The number of ether oxygens (including phenoxy) is 3. The van der Waals surface area contributed by atoms with Gasteiger partial charge in [0.05, 0.1) is 7.11 Å². The van der Waals surface area contributed by atoms with E-state index in [-0.39, 0.29) is 17.8 Å². The van der Waals surface area contributed by atoms with Gasteiger partial charge in [-0.3, -0.25) is 4.79 Å². The molecule has 116 valence electrons. The third-order valence-corrected chi connectivity index (χ3v) is 2.94. The van der Waals surface area contributed by atoms with E-state index in [2.05, 4.69) is 14.8 Å². The lowest BCUT2D eigenvalue weighted by Crippen LogP contribution is -2.31. The maximum absolute atomic E-state index is 12.0. The van der Waals surface area contributed by atoms with Gasteiger partial charge in [-0.25, -0.2) is 0 Å². The quantitative estimate of drug-likeness (QED) is 0.861. The van der Waals surface area contributed by atoms with Crippen molar-refractivity contribution in [3.8, 4) is 11.5 Å². The van der Waals surface area contributed by atoms with Crippen molar-refractivity contribution in [3.05, 3.63) is 24.3 Å². The number of carbonyl (C=O) groups excluding carboxylic acids is 1. The van der Waals surface area contributed by atoms with E-state index in [9.17, 15) is 18.0 Å². The Balaban J connectivity index is 1.88. The molecule has 0 aliphatic carbocycles. The Morgan fingerprint density at radius 3 is 2.43 bits per heavy atom. The van der Waals surface area contributed by atoms with Crippen LogP contribution < -0.4 is 14.8 Å². The number of carbonyl (C=O) groups is 1. The highest BCUT2D eigenvalue weighted by atomic mass is 19.4. The fraction of sp³-hybridized carbons (Fsp3) is 0.462. The van der Waals surface area contributed by atoms with Crippen molar-refractivity contribution in [3.63, 3.8) is 0 Å². The van der Waals surface area contributed by atoms with E-state index in [1.54, 1.807) is 0 Å². The summed E-state index contributed by atoms with van der Waals surface area (Å²) in [6.45, 7) is 0.459. The molecule has 1 aromatic rings. The van der Waals surface area contributed by atoms with Crippen LogP contribution in [-0.4, -0.2) is 38.1 Å². The van der Waals surface area contributed by atoms with Gasteiger partial charge in [-0.05, 0) is 24.3 Å². The molecule has 2 atom stereocenters. The van der Waals surface area contributed by atoms with Crippen LogP contribution in [0.3, 0.4) is 0 Å². The standard InChI is InChI=1S/C13H14F3NO4/c1-19-12(18)11-6-10(7-17-11)20-8-2-4-9(5-3-8)21-13(14,15)16/h2-5,10-11,17H,6-7H2,1H3/t10-,11+/m1/s1. The van der Waals surface area contributed by atoms with Gasteiger partial charge in [0.25, 0.3) is 0 Å². The number of halogens is 3. The van der Waals surface area contributed by atoms with Crippen molar-refractivity contribution < 1.29 is 32.2 Å². The van der Waals surface area contributed by atoms with Gasteiger partial charge in [0.2, 0.25) is 0 Å². The summed E-state index contributed by atoms with van der Waals surface area (Å²) < 4.78 is 50.0. The topological polar surface area (TPSA) is 56.8 Å². The predicted molar refractivity (Wildman–Crippen MR) is 66.0 cm³/mol. The van der Waals surface area contributed by atoms with Crippen LogP contribution in [0.2, 0.25) is 0 Å². The minimum atomic E-state index is -4.72. The molecule has 1 aromatic carbocycles. The smallest absolute Gasteiger partial charge is 0.489 e. The fourth-order valence-corrected chi connectivity index (χ4v) is 2.03. The summed E-state index contributed by atoms with van der Waals surface area (Å²) in [5.41, 5.74) is 0.